The van der Waals surface area contributed by atoms with E-state index in [1.54, 1.807) is 0 Å². The molecule has 94 valence electrons. The molecule has 0 aliphatic rings. The number of thioether (sulfide) groups is 1. The lowest BCUT2D eigenvalue weighted by Gasteiger charge is -2.16. The van der Waals surface area contributed by atoms with E-state index in [1.807, 2.05) is 17.8 Å². The van der Waals surface area contributed by atoms with Crippen molar-refractivity contribution in [1.82, 2.24) is 5.32 Å². The van der Waals surface area contributed by atoms with Crippen LogP contribution in [0.2, 0.25) is 0 Å². The zero-order valence-corrected chi connectivity index (χ0v) is 12.7. The second kappa shape index (κ2) is 8.78. The van der Waals surface area contributed by atoms with Crippen LogP contribution in [0.1, 0.15) is 19.8 Å². The maximum Gasteiger partial charge on any atom is 0.0176 e. The minimum absolute atomic E-state index is 0.576. The number of hydrogen-bond donors (Lipinski definition) is 1. The summed E-state index contributed by atoms with van der Waals surface area (Å²) in [6.07, 6.45) is 4.24. The molecule has 1 aromatic carbocycles. The van der Waals surface area contributed by atoms with Gasteiger partial charge in [0.05, 0.1) is 0 Å². The molecule has 0 aromatic heterocycles. The van der Waals surface area contributed by atoms with Gasteiger partial charge in [0, 0.05) is 21.2 Å². The van der Waals surface area contributed by atoms with Crippen molar-refractivity contribution in [3.8, 4) is 0 Å². The van der Waals surface area contributed by atoms with Gasteiger partial charge in [0.15, 0.2) is 0 Å². The Labute approximate surface area is 117 Å². The Morgan fingerprint density at radius 1 is 1.41 bits per heavy atom. The molecule has 1 rings (SSSR count). The monoisotopic (exact) mass is 313 g/mol. The first-order chi connectivity index (χ1) is 8.26. The maximum absolute atomic E-state index is 3.78. The summed E-state index contributed by atoms with van der Waals surface area (Å²) in [5.41, 5.74) is 0. The van der Waals surface area contributed by atoms with Crippen LogP contribution in [0.5, 0.6) is 0 Å². The minimum Gasteiger partial charge on any atom is -0.313 e. The van der Waals surface area contributed by atoms with Crippen LogP contribution in [0.4, 0.5) is 0 Å². The van der Waals surface area contributed by atoms with Gasteiger partial charge in [-0.05, 0) is 43.7 Å². The summed E-state index contributed by atoms with van der Waals surface area (Å²) in [6.45, 7) is 6.97. The normalized spacial score (nSPS) is 12.4. The predicted molar refractivity (Wildman–Crippen MR) is 81.8 cm³/mol. The van der Waals surface area contributed by atoms with Crippen LogP contribution in [-0.4, -0.2) is 18.3 Å². The van der Waals surface area contributed by atoms with E-state index < -0.39 is 0 Å². The van der Waals surface area contributed by atoms with Crippen molar-refractivity contribution in [2.45, 2.75) is 30.7 Å². The molecule has 1 unspecified atom stereocenters. The van der Waals surface area contributed by atoms with Crippen molar-refractivity contribution in [1.29, 1.82) is 0 Å². The summed E-state index contributed by atoms with van der Waals surface area (Å²) >= 11 is 5.36. The van der Waals surface area contributed by atoms with Gasteiger partial charge in [0.25, 0.3) is 0 Å². The highest BCUT2D eigenvalue weighted by Crippen LogP contribution is 2.22. The molecule has 0 amide bonds. The van der Waals surface area contributed by atoms with Crippen molar-refractivity contribution < 1.29 is 0 Å². The zero-order valence-electron chi connectivity index (χ0n) is 10.3. The lowest BCUT2D eigenvalue weighted by atomic mass is 10.2. The standard InChI is InChI=1S/C14H20BrNS/c1-3-5-6-13(16-4-2)11-17-14-9-7-12(15)8-10-14/h3,7-10,13,16H,1,4-6,11H2,2H3. The number of benzene rings is 1. The molecule has 0 saturated carbocycles. The lowest BCUT2D eigenvalue weighted by molar-refractivity contribution is 0.542. The molecular weight excluding hydrogens is 294 g/mol. The van der Waals surface area contributed by atoms with E-state index in [9.17, 15) is 0 Å². The summed E-state index contributed by atoms with van der Waals surface area (Å²) in [5, 5.41) is 3.52. The van der Waals surface area contributed by atoms with Gasteiger partial charge in [-0.1, -0.05) is 28.9 Å². The fraction of sp³-hybridized carbons (Fsp3) is 0.429. The van der Waals surface area contributed by atoms with Crippen LogP contribution in [0.15, 0.2) is 46.3 Å². The van der Waals surface area contributed by atoms with Crippen molar-refractivity contribution >= 4 is 27.7 Å². The molecule has 0 saturated heterocycles. The summed E-state index contributed by atoms with van der Waals surface area (Å²) in [4.78, 5) is 1.33. The van der Waals surface area contributed by atoms with Crippen LogP contribution in [0, 0.1) is 0 Å². The second-order valence-corrected chi connectivity index (χ2v) is 5.89. The van der Waals surface area contributed by atoms with Gasteiger partial charge in [-0.15, -0.1) is 18.3 Å². The van der Waals surface area contributed by atoms with Gasteiger partial charge in [-0.25, -0.2) is 0 Å². The molecule has 1 aromatic rings. The quantitative estimate of drug-likeness (QED) is 0.560. The van der Waals surface area contributed by atoms with Crippen molar-refractivity contribution in [3.05, 3.63) is 41.4 Å². The minimum atomic E-state index is 0.576. The SMILES string of the molecule is C=CCCC(CSc1ccc(Br)cc1)NCC. The Hall–Kier alpha value is -0.250. The molecule has 0 bridgehead atoms. The van der Waals surface area contributed by atoms with Gasteiger partial charge < -0.3 is 5.32 Å². The Balaban J connectivity index is 2.39. The molecule has 1 atom stereocenters. The highest BCUT2D eigenvalue weighted by molar-refractivity contribution is 9.10. The lowest BCUT2D eigenvalue weighted by Crippen LogP contribution is -2.30. The maximum atomic E-state index is 3.78. The largest absolute Gasteiger partial charge is 0.313 e. The van der Waals surface area contributed by atoms with Gasteiger partial charge in [-0.2, -0.15) is 0 Å². The number of rotatable bonds is 8. The third kappa shape index (κ3) is 6.29. The van der Waals surface area contributed by atoms with E-state index in [1.165, 1.54) is 11.3 Å². The molecule has 1 N–H and O–H groups in total. The van der Waals surface area contributed by atoms with Crippen LogP contribution in [-0.2, 0) is 0 Å². The van der Waals surface area contributed by atoms with Gasteiger partial charge in [0.1, 0.15) is 0 Å². The number of nitrogens with one attached hydrogen (secondary N) is 1. The van der Waals surface area contributed by atoms with Gasteiger partial charge in [-0.3, -0.25) is 0 Å². The topological polar surface area (TPSA) is 12.0 Å². The molecule has 0 spiro atoms. The van der Waals surface area contributed by atoms with E-state index in [4.69, 9.17) is 0 Å². The van der Waals surface area contributed by atoms with Crippen LogP contribution in [0.3, 0.4) is 0 Å². The summed E-state index contributed by atoms with van der Waals surface area (Å²) < 4.78 is 1.14. The zero-order chi connectivity index (χ0) is 12.5. The predicted octanol–water partition coefficient (Wildman–Crippen LogP) is 4.49. The molecule has 0 aliphatic carbocycles. The number of allylic oxidation sites excluding steroid dienone is 1. The molecule has 0 radical (unpaired) electrons. The third-order valence-corrected chi connectivity index (χ3v) is 4.18. The number of hydrogen-bond acceptors (Lipinski definition) is 2. The van der Waals surface area contributed by atoms with Crippen LogP contribution >= 0.6 is 27.7 Å². The molecule has 17 heavy (non-hydrogen) atoms. The van der Waals surface area contributed by atoms with Crippen LogP contribution in [0.25, 0.3) is 0 Å². The smallest absolute Gasteiger partial charge is 0.0176 e. The van der Waals surface area contributed by atoms with E-state index in [0.29, 0.717) is 6.04 Å². The average molecular weight is 314 g/mol. The van der Waals surface area contributed by atoms with E-state index >= 15 is 0 Å². The first kappa shape index (κ1) is 14.8. The van der Waals surface area contributed by atoms with Crippen LogP contribution < -0.4 is 5.32 Å². The molecule has 0 heterocycles. The average Bonchev–Trinajstić information content (AvgIpc) is 2.35. The summed E-state index contributed by atoms with van der Waals surface area (Å²) in [7, 11) is 0. The Morgan fingerprint density at radius 2 is 2.12 bits per heavy atom. The summed E-state index contributed by atoms with van der Waals surface area (Å²) in [6, 6.07) is 9.07. The summed E-state index contributed by atoms with van der Waals surface area (Å²) in [5.74, 6) is 1.11. The molecular formula is C14H20BrNS. The second-order valence-electron chi connectivity index (χ2n) is 3.89. The van der Waals surface area contributed by atoms with E-state index in [2.05, 4.69) is 59.0 Å². The molecule has 0 aliphatic heterocycles. The van der Waals surface area contributed by atoms with Crippen molar-refractivity contribution in [2.24, 2.45) is 0 Å². The van der Waals surface area contributed by atoms with Gasteiger partial charge >= 0.3 is 0 Å². The van der Waals surface area contributed by atoms with E-state index in [0.717, 1.165) is 23.2 Å². The highest BCUT2D eigenvalue weighted by atomic mass is 79.9. The molecule has 1 nitrogen and oxygen atoms in total. The van der Waals surface area contributed by atoms with Crippen molar-refractivity contribution in [2.75, 3.05) is 12.3 Å². The first-order valence-electron chi connectivity index (χ1n) is 5.99. The number of halogens is 1. The van der Waals surface area contributed by atoms with Crippen molar-refractivity contribution in [3.63, 3.8) is 0 Å². The first-order valence-corrected chi connectivity index (χ1v) is 7.76. The fourth-order valence-corrected chi connectivity index (χ4v) is 2.85. The highest BCUT2D eigenvalue weighted by Gasteiger charge is 2.06. The Morgan fingerprint density at radius 3 is 2.71 bits per heavy atom. The van der Waals surface area contributed by atoms with E-state index in [-0.39, 0.29) is 0 Å². The fourth-order valence-electron chi connectivity index (χ4n) is 1.58. The molecule has 0 fully saturated rings. The Bertz CT molecular complexity index is 323. The Kier molecular flexibility index (Phi) is 7.65. The van der Waals surface area contributed by atoms with Gasteiger partial charge in [0.2, 0.25) is 0 Å². The molecule has 3 heteroatoms. The third-order valence-electron chi connectivity index (χ3n) is 2.48.